The Morgan fingerprint density at radius 2 is 1.92 bits per heavy atom. The quantitative estimate of drug-likeness (QED) is 0.683. The molecule has 6 heteroatoms. The zero-order valence-electron chi connectivity index (χ0n) is 16.5. The smallest absolute Gasteiger partial charge is 0.224 e. The van der Waals surface area contributed by atoms with E-state index in [1.165, 1.54) is 25.8 Å². The lowest BCUT2D eigenvalue weighted by Crippen LogP contribution is -2.39. The lowest BCUT2D eigenvalue weighted by atomic mass is 10.0. The number of methoxy groups -OCH3 is 3. The Kier molecular flexibility index (Phi) is 8.04. The lowest BCUT2D eigenvalue weighted by Gasteiger charge is -2.33. The van der Waals surface area contributed by atoms with Crippen LogP contribution < -0.4 is 19.5 Å². The van der Waals surface area contributed by atoms with Crippen molar-refractivity contribution in [1.29, 1.82) is 0 Å². The van der Waals surface area contributed by atoms with Gasteiger partial charge in [0.25, 0.3) is 0 Å². The van der Waals surface area contributed by atoms with E-state index in [4.69, 9.17) is 14.2 Å². The fourth-order valence-corrected chi connectivity index (χ4v) is 3.54. The molecule has 1 aromatic rings. The molecule has 0 aromatic heterocycles. The third kappa shape index (κ3) is 5.27. The fourth-order valence-electron chi connectivity index (χ4n) is 3.54. The van der Waals surface area contributed by atoms with Gasteiger partial charge >= 0.3 is 0 Å². The molecule has 6 nitrogen and oxygen atoms in total. The predicted octanol–water partition coefficient (Wildman–Crippen LogP) is 2.64. The van der Waals surface area contributed by atoms with Crippen LogP contribution in [-0.2, 0) is 11.2 Å². The number of nitrogens with zero attached hydrogens (tertiary/aromatic N) is 1. The van der Waals surface area contributed by atoms with E-state index in [-0.39, 0.29) is 12.3 Å². The molecule has 26 heavy (non-hydrogen) atoms. The van der Waals surface area contributed by atoms with Crippen LogP contribution in [0.5, 0.6) is 17.2 Å². The van der Waals surface area contributed by atoms with Gasteiger partial charge in [0.2, 0.25) is 11.7 Å². The highest BCUT2D eigenvalue weighted by Crippen LogP contribution is 2.39. The molecule has 0 saturated carbocycles. The molecule has 1 fully saturated rings. The van der Waals surface area contributed by atoms with Gasteiger partial charge in [0.1, 0.15) is 0 Å². The number of rotatable bonds is 9. The van der Waals surface area contributed by atoms with Crippen LogP contribution in [0.4, 0.5) is 0 Å². The Labute approximate surface area is 156 Å². The van der Waals surface area contributed by atoms with Gasteiger partial charge in [-0.15, -0.1) is 0 Å². The van der Waals surface area contributed by atoms with Crippen LogP contribution in [0.1, 0.15) is 38.2 Å². The molecule has 1 N–H and O–H groups in total. The van der Waals surface area contributed by atoms with Crippen molar-refractivity contribution in [1.82, 2.24) is 10.2 Å². The number of hydrogen-bond acceptors (Lipinski definition) is 5. The van der Waals surface area contributed by atoms with Gasteiger partial charge in [0.05, 0.1) is 27.8 Å². The number of likely N-dealkylation sites (tertiary alicyclic amines) is 1. The highest BCUT2D eigenvalue weighted by molar-refractivity contribution is 5.80. The maximum Gasteiger partial charge on any atom is 0.224 e. The number of nitrogens with one attached hydrogen (secondary N) is 1. The van der Waals surface area contributed by atoms with Crippen LogP contribution in [0.3, 0.4) is 0 Å². The Bertz CT molecular complexity index is 591. The molecule has 0 bridgehead atoms. The number of carbonyl (C=O) groups excluding carboxylic acids is 1. The van der Waals surface area contributed by atoms with Crippen LogP contribution in [0.25, 0.3) is 0 Å². The van der Waals surface area contributed by atoms with Crippen molar-refractivity contribution in [3.8, 4) is 17.2 Å². The van der Waals surface area contributed by atoms with Crippen LogP contribution in [0.15, 0.2) is 12.1 Å². The van der Waals surface area contributed by atoms with Gasteiger partial charge in [0.15, 0.2) is 11.5 Å². The van der Waals surface area contributed by atoms with Gasteiger partial charge in [-0.2, -0.15) is 0 Å². The van der Waals surface area contributed by atoms with Crippen LogP contribution in [0, 0.1) is 0 Å². The summed E-state index contributed by atoms with van der Waals surface area (Å²) in [6.07, 6.45) is 5.13. The molecule has 1 aliphatic rings. The van der Waals surface area contributed by atoms with Crippen molar-refractivity contribution in [2.24, 2.45) is 0 Å². The highest BCUT2D eigenvalue weighted by atomic mass is 16.5. The summed E-state index contributed by atoms with van der Waals surface area (Å²) in [6, 6.07) is 4.30. The number of piperidine rings is 1. The van der Waals surface area contributed by atoms with Crippen LogP contribution in [-0.4, -0.2) is 57.8 Å². The Morgan fingerprint density at radius 1 is 1.15 bits per heavy atom. The normalized spacial score (nSPS) is 17.6. The third-order valence-electron chi connectivity index (χ3n) is 5.02. The van der Waals surface area contributed by atoms with E-state index in [0.29, 0.717) is 29.8 Å². The van der Waals surface area contributed by atoms with E-state index in [1.54, 1.807) is 27.4 Å². The average molecular weight is 364 g/mol. The standard InChI is InChI=1S/C20H32N2O4/c1-15-8-5-6-12-22(15)13-7-11-21-18(23)14-16-9-10-17(24-2)20(26-4)19(16)25-3/h9-10,15H,5-8,11-14H2,1-4H3,(H,21,23)/t15-/m1/s1. The van der Waals surface area contributed by atoms with Gasteiger partial charge in [0, 0.05) is 24.7 Å². The Morgan fingerprint density at radius 3 is 2.58 bits per heavy atom. The molecule has 2 rings (SSSR count). The second kappa shape index (κ2) is 10.3. The minimum Gasteiger partial charge on any atom is -0.493 e. The average Bonchev–Trinajstić information content (AvgIpc) is 2.65. The zero-order valence-corrected chi connectivity index (χ0v) is 16.5. The summed E-state index contributed by atoms with van der Waals surface area (Å²) in [5.74, 6) is 1.63. The molecule has 0 unspecified atom stereocenters. The van der Waals surface area contributed by atoms with Crippen molar-refractivity contribution in [2.45, 2.75) is 45.1 Å². The summed E-state index contributed by atoms with van der Waals surface area (Å²) < 4.78 is 16.1. The topological polar surface area (TPSA) is 60.0 Å². The molecule has 1 atom stereocenters. The van der Waals surface area contributed by atoms with E-state index < -0.39 is 0 Å². The van der Waals surface area contributed by atoms with E-state index in [9.17, 15) is 4.79 Å². The number of ether oxygens (including phenoxy) is 3. The molecule has 1 saturated heterocycles. The number of hydrogen-bond donors (Lipinski definition) is 1. The molecule has 1 aliphatic heterocycles. The Hall–Kier alpha value is -1.95. The SMILES string of the molecule is COc1ccc(CC(=O)NCCCN2CCCC[C@H]2C)c(OC)c1OC. The molecule has 0 radical (unpaired) electrons. The van der Waals surface area contributed by atoms with E-state index >= 15 is 0 Å². The monoisotopic (exact) mass is 364 g/mol. The second-order valence-electron chi connectivity index (χ2n) is 6.75. The molecular weight excluding hydrogens is 332 g/mol. The lowest BCUT2D eigenvalue weighted by molar-refractivity contribution is -0.120. The van der Waals surface area contributed by atoms with E-state index in [1.807, 2.05) is 6.07 Å². The first-order valence-corrected chi connectivity index (χ1v) is 9.39. The van der Waals surface area contributed by atoms with Crippen molar-refractivity contribution in [2.75, 3.05) is 41.0 Å². The maximum atomic E-state index is 12.3. The summed E-state index contributed by atoms with van der Waals surface area (Å²) >= 11 is 0. The first-order valence-electron chi connectivity index (χ1n) is 9.39. The number of benzene rings is 1. The van der Waals surface area contributed by atoms with Gasteiger partial charge in [-0.1, -0.05) is 12.5 Å². The molecule has 1 aromatic carbocycles. The Balaban J connectivity index is 1.84. The molecule has 1 heterocycles. The summed E-state index contributed by atoms with van der Waals surface area (Å²) in [7, 11) is 4.71. The first-order chi connectivity index (χ1) is 12.6. The predicted molar refractivity (Wildman–Crippen MR) is 102 cm³/mol. The first kappa shape index (κ1) is 20.4. The van der Waals surface area contributed by atoms with Crippen molar-refractivity contribution >= 4 is 5.91 Å². The van der Waals surface area contributed by atoms with Crippen molar-refractivity contribution < 1.29 is 19.0 Å². The minimum absolute atomic E-state index is 0.0118. The molecule has 0 aliphatic carbocycles. The fraction of sp³-hybridized carbons (Fsp3) is 0.650. The summed E-state index contributed by atoms with van der Waals surface area (Å²) in [5.41, 5.74) is 0.785. The molecule has 0 spiro atoms. The molecular formula is C20H32N2O4. The van der Waals surface area contributed by atoms with Crippen molar-refractivity contribution in [3.05, 3.63) is 17.7 Å². The zero-order chi connectivity index (χ0) is 18.9. The second-order valence-corrected chi connectivity index (χ2v) is 6.75. The molecule has 146 valence electrons. The number of amides is 1. The largest absolute Gasteiger partial charge is 0.493 e. The van der Waals surface area contributed by atoms with Crippen LogP contribution >= 0.6 is 0 Å². The van der Waals surface area contributed by atoms with E-state index in [0.717, 1.165) is 18.5 Å². The minimum atomic E-state index is -0.0118. The number of carbonyl (C=O) groups is 1. The summed E-state index contributed by atoms with van der Waals surface area (Å²) in [4.78, 5) is 14.8. The third-order valence-corrected chi connectivity index (χ3v) is 5.02. The van der Waals surface area contributed by atoms with Gasteiger partial charge < -0.3 is 24.4 Å². The maximum absolute atomic E-state index is 12.3. The van der Waals surface area contributed by atoms with Gasteiger partial charge in [-0.25, -0.2) is 0 Å². The highest BCUT2D eigenvalue weighted by Gasteiger charge is 2.19. The molecule has 1 amide bonds. The van der Waals surface area contributed by atoms with Crippen molar-refractivity contribution in [3.63, 3.8) is 0 Å². The van der Waals surface area contributed by atoms with E-state index in [2.05, 4.69) is 17.1 Å². The van der Waals surface area contributed by atoms with Gasteiger partial charge in [-0.05, 0) is 38.8 Å². The van der Waals surface area contributed by atoms with Crippen LogP contribution in [0.2, 0.25) is 0 Å². The summed E-state index contributed by atoms with van der Waals surface area (Å²) in [6.45, 7) is 5.21. The van der Waals surface area contributed by atoms with Gasteiger partial charge in [-0.3, -0.25) is 4.79 Å². The summed E-state index contributed by atoms with van der Waals surface area (Å²) in [5, 5.41) is 3.01.